The number of nitrogens with zero attached hydrogens (tertiary/aromatic N) is 5. The molecule has 0 aliphatic rings. The van der Waals surface area contributed by atoms with Gasteiger partial charge in [-0.2, -0.15) is 23.5 Å². The zero-order valence-electron chi connectivity index (χ0n) is 19.6. The fraction of sp³-hybridized carbons (Fsp3) is 0.231. The van der Waals surface area contributed by atoms with Gasteiger partial charge in [-0.15, -0.1) is 0 Å². The van der Waals surface area contributed by atoms with Crippen LogP contribution >= 0.6 is 0 Å². The van der Waals surface area contributed by atoms with Gasteiger partial charge in [0, 0.05) is 6.42 Å². The molecule has 0 aliphatic carbocycles. The summed E-state index contributed by atoms with van der Waals surface area (Å²) in [5, 5.41) is 13.4. The number of hydrogen-bond donors (Lipinski definition) is 0. The summed E-state index contributed by atoms with van der Waals surface area (Å²) in [7, 11) is 0. The van der Waals surface area contributed by atoms with Gasteiger partial charge in [0.25, 0.3) is 0 Å². The Labute approximate surface area is 204 Å². The normalized spacial score (nSPS) is 11.4. The van der Waals surface area contributed by atoms with E-state index in [-0.39, 0.29) is 17.8 Å². The lowest BCUT2D eigenvalue weighted by Gasteiger charge is -2.11. The highest BCUT2D eigenvalue weighted by atomic mass is 19.4. The molecule has 2 heterocycles. The van der Waals surface area contributed by atoms with Crippen molar-refractivity contribution in [3.63, 3.8) is 0 Å². The van der Waals surface area contributed by atoms with E-state index >= 15 is 0 Å². The lowest BCUT2D eigenvalue weighted by Crippen LogP contribution is -2.29. The van der Waals surface area contributed by atoms with E-state index in [1.54, 1.807) is 37.3 Å². The number of benzene rings is 2. The Morgan fingerprint density at radius 2 is 1.81 bits per heavy atom. The van der Waals surface area contributed by atoms with Crippen molar-refractivity contribution in [3.05, 3.63) is 88.1 Å². The molecule has 0 spiro atoms. The van der Waals surface area contributed by atoms with Gasteiger partial charge in [-0.25, -0.2) is 14.0 Å². The van der Waals surface area contributed by atoms with E-state index < -0.39 is 23.3 Å². The van der Waals surface area contributed by atoms with Crippen molar-refractivity contribution in [2.24, 2.45) is 0 Å². The molecule has 0 saturated heterocycles. The summed E-state index contributed by atoms with van der Waals surface area (Å²) in [6.07, 6.45) is -1.72. The monoisotopic (exact) mass is 493 g/mol. The highest BCUT2D eigenvalue weighted by Gasteiger charge is 2.32. The zero-order valence-corrected chi connectivity index (χ0v) is 19.6. The maximum absolute atomic E-state index is 13.6. The van der Waals surface area contributed by atoms with E-state index in [0.29, 0.717) is 29.1 Å². The topological polar surface area (TPSA) is 85.6 Å². The summed E-state index contributed by atoms with van der Waals surface area (Å²) in [5.74, 6) is -0.460. The number of hydrogen-bond acceptors (Lipinski definition) is 4. The number of carbonyl (C=O) groups excluding carboxylic acids is 1. The molecule has 0 atom stereocenters. The SMILES string of the molecule is CCCCC(=O)n1c(-c2ccnn2-c2ccc(C#N)cc2)c(C)n(-c2cccc(C(F)(F)F)c2)c1=O. The molecule has 0 unspecified atom stereocenters. The summed E-state index contributed by atoms with van der Waals surface area (Å²) < 4.78 is 43.8. The number of aromatic nitrogens is 4. The molecular weight excluding hydrogens is 471 g/mol. The predicted molar refractivity (Wildman–Crippen MR) is 127 cm³/mol. The number of rotatable bonds is 6. The Hall–Kier alpha value is -4.39. The highest BCUT2D eigenvalue weighted by Crippen LogP contribution is 2.32. The van der Waals surface area contributed by atoms with Crippen LogP contribution in [0.25, 0.3) is 22.8 Å². The Kier molecular flexibility index (Phi) is 6.66. The molecule has 0 radical (unpaired) electrons. The summed E-state index contributed by atoms with van der Waals surface area (Å²) in [5.41, 5.74) is 0.312. The molecule has 7 nitrogen and oxygen atoms in total. The van der Waals surface area contributed by atoms with Crippen LogP contribution in [-0.2, 0) is 6.18 Å². The maximum Gasteiger partial charge on any atom is 0.416 e. The molecule has 2 aromatic heterocycles. The molecule has 10 heteroatoms. The van der Waals surface area contributed by atoms with Gasteiger partial charge in [0.2, 0.25) is 5.91 Å². The van der Waals surface area contributed by atoms with Gasteiger partial charge in [0.05, 0.1) is 51.8 Å². The quantitative estimate of drug-likeness (QED) is 0.354. The van der Waals surface area contributed by atoms with E-state index in [2.05, 4.69) is 5.10 Å². The largest absolute Gasteiger partial charge is 0.416 e. The van der Waals surface area contributed by atoms with Crippen LogP contribution in [0.3, 0.4) is 0 Å². The van der Waals surface area contributed by atoms with Gasteiger partial charge in [-0.05, 0) is 61.9 Å². The number of unbranched alkanes of at least 4 members (excludes halogenated alkanes) is 1. The number of alkyl halides is 3. The average Bonchev–Trinajstić information content (AvgIpc) is 3.44. The first-order valence-corrected chi connectivity index (χ1v) is 11.3. The van der Waals surface area contributed by atoms with Crippen molar-refractivity contribution in [2.75, 3.05) is 0 Å². The van der Waals surface area contributed by atoms with Crippen molar-refractivity contribution in [1.29, 1.82) is 5.26 Å². The van der Waals surface area contributed by atoms with Gasteiger partial charge in [0.15, 0.2) is 0 Å². The van der Waals surface area contributed by atoms with Crippen LogP contribution in [0, 0.1) is 18.3 Å². The first-order chi connectivity index (χ1) is 17.2. The smallest absolute Gasteiger partial charge is 0.274 e. The number of nitriles is 1. The van der Waals surface area contributed by atoms with Crippen molar-refractivity contribution in [1.82, 2.24) is 18.9 Å². The van der Waals surface area contributed by atoms with Crippen LogP contribution in [0.5, 0.6) is 0 Å². The maximum atomic E-state index is 13.6. The van der Waals surface area contributed by atoms with E-state index in [1.165, 1.54) is 23.0 Å². The van der Waals surface area contributed by atoms with E-state index in [9.17, 15) is 22.8 Å². The molecule has 0 fully saturated rings. The Balaban J connectivity index is 1.97. The van der Waals surface area contributed by atoms with Gasteiger partial charge < -0.3 is 0 Å². The van der Waals surface area contributed by atoms with Gasteiger partial charge in [-0.1, -0.05) is 19.4 Å². The third-order valence-electron chi connectivity index (χ3n) is 5.84. The lowest BCUT2D eigenvalue weighted by molar-refractivity contribution is -0.137. The molecule has 0 aliphatic heterocycles. The minimum Gasteiger partial charge on any atom is -0.274 e. The Morgan fingerprint density at radius 1 is 1.08 bits per heavy atom. The molecule has 0 amide bonds. The molecule has 4 rings (SSSR count). The van der Waals surface area contributed by atoms with Gasteiger partial charge >= 0.3 is 11.9 Å². The zero-order chi connectivity index (χ0) is 26.0. The van der Waals surface area contributed by atoms with Crippen LogP contribution in [0.1, 0.15) is 47.8 Å². The standard InChI is InChI=1S/C26H22F3N5O2/c1-3-4-8-23(35)33-24(22-13-14-31-34(22)20-11-9-18(16-30)10-12-20)17(2)32(25(33)36)21-7-5-6-19(15-21)26(27,28)29/h5-7,9-15H,3-4,8H2,1-2H3. The van der Waals surface area contributed by atoms with Crippen molar-refractivity contribution < 1.29 is 18.0 Å². The molecular formula is C26H22F3N5O2. The first kappa shape index (κ1) is 24.7. The van der Waals surface area contributed by atoms with Crippen LogP contribution in [0.15, 0.2) is 65.6 Å². The summed E-state index contributed by atoms with van der Waals surface area (Å²) >= 11 is 0. The van der Waals surface area contributed by atoms with E-state index in [0.717, 1.165) is 27.7 Å². The Morgan fingerprint density at radius 3 is 2.44 bits per heavy atom. The van der Waals surface area contributed by atoms with Crippen molar-refractivity contribution in [3.8, 4) is 28.8 Å². The molecule has 36 heavy (non-hydrogen) atoms. The van der Waals surface area contributed by atoms with Gasteiger partial charge in [-0.3, -0.25) is 9.36 Å². The average molecular weight is 493 g/mol. The van der Waals surface area contributed by atoms with Crippen molar-refractivity contribution in [2.45, 2.75) is 39.3 Å². The van der Waals surface area contributed by atoms with Gasteiger partial charge in [0.1, 0.15) is 0 Å². The second-order valence-electron chi connectivity index (χ2n) is 8.22. The number of imidazole rings is 1. The lowest BCUT2D eigenvalue weighted by atomic mass is 10.1. The minimum atomic E-state index is -4.59. The first-order valence-electron chi connectivity index (χ1n) is 11.3. The predicted octanol–water partition coefficient (Wildman–Crippen LogP) is 5.52. The van der Waals surface area contributed by atoms with Crippen LogP contribution in [0.2, 0.25) is 0 Å². The fourth-order valence-electron chi connectivity index (χ4n) is 4.07. The van der Waals surface area contributed by atoms with Crippen LogP contribution in [0.4, 0.5) is 13.2 Å². The molecule has 2 aromatic carbocycles. The molecule has 0 N–H and O–H groups in total. The second kappa shape index (κ2) is 9.70. The molecule has 0 bridgehead atoms. The summed E-state index contributed by atoms with van der Waals surface area (Å²) in [6, 6.07) is 14.7. The third-order valence-corrected chi connectivity index (χ3v) is 5.84. The van der Waals surface area contributed by atoms with Crippen LogP contribution < -0.4 is 5.69 Å². The fourth-order valence-corrected chi connectivity index (χ4v) is 4.07. The summed E-state index contributed by atoms with van der Waals surface area (Å²) in [4.78, 5) is 26.8. The Bertz CT molecular complexity index is 1520. The second-order valence-corrected chi connectivity index (χ2v) is 8.22. The minimum absolute atomic E-state index is 0.0000509. The third kappa shape index (κ3) is 4.47. The molecule has 0 saturated carbocycles. The molecule has 184 valence electrons. The number of carbonyl (C=O) groups is 1. The number of halogens is 3. The summed E-state index contributed by atoms with van der Waals surface area (Å²) in [6.45, 7) is 3.49. The molecule has 4 aromatic rings. The highest BCUT2D eigenvalue weighted by molar-refractivity contribution is 5.84. The van der Waals surface area contributed by atoms with Crippen LogP contribution in [-0.4, -0.2) is 24.8 Å². The van der Waals surface area contributed by atoms with Crippen molar-refractivity contribution >= 4 is 5.91 Å². The van der Waals surface area contributed by atoms with E-state index in [1.807, 2.05) is 13.0 Å². The van der Waals surface area contributed by atoms with E-state index in [4.69, 9.17) is 5.26 Å².